The maximum absolute atomic E-state index is 13.2. The third kappa shape index (κ3) is 6.42. The first-order valence-electron chi connectivity index (χ1n) is 8.58. The molecule has 6 nitrogen and oxygen atoms in total. The molecule has 1 amide bonds. The van der Waals surface area contributed by atoms with E-state index in [0.29, 0.717) is 5.56 Å². The first-order chi connectivity index (χ1) is 13.1. The quantitative estimate of drug-likeness (QED) is 0.619. The average molecular weight is 428 g/mol. The van der Waals surface area contributed by atoms with Gasteiger partial charge in [0.1, 0.15) is 20.9 Å². The standard InChI is InChI=1S/C19H22FNO5S2/c1-27(23,24)13-5-8-19(22)21-14-18(15-6-3-2-4-7-15)28(25,26)17-11-9-16(20)10-12-17/h2-4,6-7,9-12,18H,5,8,13-14H2,1H3,(H,21,22). The van der Waals surface area contributed by atoms with Crippen LogP contribution >= 0.6 is 0 Å². The molecule has 0 aliphatic carbocycles. The van der Waals surface area contributed by atoms with Crippen LogP contribution in [0.3, 0.4) is 0 Å². The molecule has 9 heteroatoms. The number of benzene rings is 2. The molecule has 0 aliphatic heterocycles. The van der Waals surface area contributed by atoms with E-state index in [2.05, 4.69) is 5.32 Å². The normalized spacial score (nSPS) is 13.1. The summed E-state index contributed by atoms with van der Waals surface area (Å²) in [6, 6.07) is 12.9. The summed E-state index contributed by atoms with van der Waals surface area (Å²) in [4.78, 5) is 12.0. The van der Waals surface area contributed by atoms with E-state index in [1.807, 2.05) is 0 Å². The van der Waals surface area contributed by atoms with Crippen molar-refractivity contribution in [3.05, 3.63) is 66.0 Å². The Bertz CT molecular complexity index is 1000. The maximum atomic E-state index is 13.2. The smallest absolute Gasteiger partial charge is 0.220 e. The number of carbonyl (C=O) groups is 1. The summed E-state index contributed by atoms with van der Waals surface area (Å²) in [6.07, 6.45) is 1.22. The number of hydrogen-bond donors (Lipinski definition) is 1. The van der Waals surface area contributed by atoms with Crippen molar-refractivity contribution in [2.45, 2.75) is 23.0 Å². The van der Waals surface area contributed by atoms with E-state index in [-0.39, 0.29) is 30.0 Å². The minimum Gasteiger partial charge on any atom is -0.354 e. The Morgan fingerprint density at radius 1 is 1.00 bits per heavy atom. The Labute approximate surface area is 164 Å². The van der Waals surface area contributed by atoms with Crippen LogP contribution in [0, 0.1) is 5.82 Å². The summed E-state index contributed by atoms with van der Waals surface area (Å²) in [6.45, 7) is -0.179. The molecule has 0 fully saturated rings. The van der Waals surface area contributed by atoms with Crippen LogP contribution in [-0.4, -0.2) is 41.3 Å². The molecular weight excluding hydrogens is 405 g/mol. The molecule has 1 N–H and O–H groups in total. The molecule has 0 heterocycles. The van der Waals surface area contributed by atoms with Gasteiger partial charge in [0.05, 0.1) is 10.6 Å². The number of halogens is 1. The van der Waals surface area contributed by atoms with E-state index in [1.165, 1.54) is 12.1 Å². The van der Waals surface area contributed by atoms with Gasteiger partial charge in [0.15, 0.2) is 9.84 Å². The first kappa shape index (κ1) is 22.0. The van der Waals surface area contributed by atoms with Gasteiger partial charge in [0, 0.05) is 19.2 Å². The fraction of sp³-hybridized carbons (Fsp3) is 0.316. The summed E-state index contributed by atoms with van der Waals surface area (Å²) in [5.41, 5.74) is 0.489. The molecule has 0 saturated carbocycles. The van der Waals surface area contributed by atoms with Gasteiger partial charge < -0.3 is 5.32 Å². The second-order valence-electron chi connectivity index (χ2n) is 6.44. The van der Waals surface area contributed by atoms with Gasteiger partial charge in [-0.2, -0.15) is 0 Å². The van der Waals surface area contributed by atoms with Crippen LogP contribution in [0.5, 0.6) is 0 Å². The van der Waals surface area contributed by atoms with Gasteiger partial charge in [-0.3, -0.25) is 4.79 Å². The van der Waals surface area contributed by atoms with Crippen LogP contribution < -0.4 is 5.32 Å². The number of amides is 1. The topological polar surface area (TPSA) is 97.4 Å². The van der Waals surface area contributed by atoms with E-state index >= 15 is 0 Å². The predicted molar refractivity (Wildman–Crippen MR) is 105 cm³/mol. The lowest BCUT2D eigenvalue weighted by atomic mass is 10.1. The van der Waals surface area contributed by atoms with Crippen LogP contribution in [0.15, 0.2) is 59.5 Å². The molecule has 0 saturated heterocycles. The zero-order valence-corrected chi connectivity index (χ0v) is 17.0. The Morgan fingerprint density at radius 2 is 1.61 bits per heavy atom. The van der Waals surface area contributed by atoms with Crippen molar-refractivity contribution in [1.82, 2.24) is 5.32 Å². The number of sulfone groups is 2. The number of nitrogens with one attached hydrogen (secondary N) is 1. The van der Waals surface area contributed by atoms with E-state index in [9.17, 15) is 26.0 Å². The molecule has 0 aromatic heterocycles. The third-order valence-electron chi connectivity index (χ3n) is 4.09. The van der Waals surface area contributed by atoms with Crippen molar-refractivity contribution in [1.29, 1.82) is 0 Å². The zero-order valence-electron chi connectivity index (χ0n) is 15.3. The average Bonchev–Trinajstić information content (AvgIpc) is 2.62. The molecule has 0 bridgehead atoms. The Hall–Kier alpha value is -2.26. The minimum atomic E-state index is -3.89. The van der Waals surface area contributed by atoms with Gasteiger partial charge in [-0.15, -0.1) is 0 Å². The summed E-state index contributed by atoms with van der Waals surface area (Å²) >= 11 is 0. The summed E-state index contributed by atoms with van der Waals surface area (Å²) in [5.74, 6) is -1.09. The highest BCUT2D eigenvalue weighted by atomic mass is 32.2. The molecule has 2 rings (SSSR count). The van der Waals surface area contributed by atoms with Crippen LogP contribution in [0.1, 0.15) is 23.7 Å². The molecule has 2 aromatic carbocycles. The molecule has 0 radical (unpaired) electrons. The minimum absolute atomic E-state index is 0.0226. The van der Waals surface area contributed by atoms with Gasteiger partial charge in [-0.1, -0.05) is 30.3 Å². The lowest BCUT2D eigenvalue weighted by molar-refractivity contribution is -0.121. The lowest BCUT2D eigenvalue weighted by Crippen LogP contribution is -2.32. The molecule has 1 atom stereocenters. The summed E-state index contributed by atoms with van der Waals surface area (Å²) < 4.78 is 61.5. The third-order valence-corrected chi connectivity index (χ3v) is 7.24. The highest BCUT2D eigenvalue weighted by molar-refractivity contribution is 7.91. The summed E-state index contributed by atoms with van der Waals surface area (Å²) in [5, 5.41) is 1.51. The van der Waals surface area contributed by atoms with Crippen LogP contribution in [0.4, 0.5) is 4.39 Å². The van der Waals surface area contributed by atoms with Gasteiger partial charge in [0.2, 0.25) is 5.91 Å². The lowest BCUT2D eigenvalue weighted by Gasteiger charge is -2.19. The molecule has 2 aromatic rings. The SMILES string of the molecule is CS(=O)(=O)CCCC(=O)NCC(c1ccccc1)S(=O)(=O)c1ccc(F)cc1. The fourth-order valence-electron chi connectivity index (χ4n) is 2.65. The van der Waals surface area contributed by atoms with Crippen molar-refractivity contribution in [2.24, 2.45) is 0 Å². The van der Waals surface area contributed by atoms with Crippen molar-refractivity contribution in [2.75, 3.05) is 18.6 Å². The van der Waals surface area contributed by atoms with Crippen LogP contribution in [0.25, 0.3) is 0 Å². The van der Waals surface area contributed by atoms with Gasteiger partial charge >= 0.3 is 0 Å². The largest absolute Gasteiger partial charge is 0.354 e. The van der Waals surface area contributed by atoms with Crippen molar-refractivity contribution in [3.63, 3.8) is 0 Å². The molecule has 28 heavy (non-hydrogen) atoms. The maximum Gasteiger partial charge on any atom is 0.220 e. The number of hydrogen-bond acceptors (Lipinski definition) is 5. The van der Waals surface area contributed by atoms with Gasteiger partial charge in [-0.05, 0) is 36.2 Å². The number of carbonyl (C=O) groups excluding carboxylic acids is 1. The Kier molecular flexibility index (Phi) is 7.31. The van der Waals surface area contributed by atoms with Crippen LogP contribution in [0.2, 0.25) is 0 Å². The zero-order chi connectivity index (χ0) is 20.8. The number of rotatable bonds is 9. The van der Waals surface area contributed by atoms with E-state index in [1.54, 1.807) is 30.3 Å². The highest BCUT2D eigenvalue weighted by Gasteiger charge is 2.29. The molecule has 0 spiro atoms. The van der Waals surface area contributed by atoms with E-state index in [0.717, 1.165) is 18.4 Å². The highest BCUT2D eigenvalue weighted by Crippen LogP contribution is 2.28. The molecule has 1 unspecified atom stereocenters. The Balaban J connectivity index is 2.17. The summed E-state index contributed by atoms with van der Waals surface area (Å²) in [7, 11) is -7.05. The van der Waals surface area contributed by atoms with Gasteiger partial charge in [-0.25, -0.2) is 21.2 Å². The van der Waals surface area contributed by atoms with Crippen molar-refractivity contribution >= 4 is 25.6 Å². The van der Waals surface area contributed by atoms with Gasteiger partial charge in [0.25, 0.3) is 0 Å². The molecule has 0 aliphatic rings. The Morgan fingerprint density at radius 3 is 2.18 bits per heavy atom. The monoisotopic (exact) mass is 427 g/mol. The second-order valence-corrected chi connectivity index (χ2v) is 10.8. The van der Waals surface area contributed by atoms with Crippen LogP contribution in [-0.2, 0) is 24.5 Å². The van der Waals surface area contributed by atoms with Crippen molar-refractivity contribution in [3.8, 4) is 0 Å². The van der Waals surface area contributed by atoms with Crippen molar-refractivity contribution < 1.29 is 26.0 Å². The fourth-order valence-corrected chi connectivity index (χ4v) is 4.98. The predicted octanol–water partition coefficient (Wildman–Crippen LogP) is 2.28. The van der Waals surface area contributed by atoms with E-state index < -0.39 is 36.6 Å². The molecule has 152 valence electrons. The first-order valence-corrected chi connectivity index (χ1v) is 12.2. The van der Waals surface area contributed by atoms with E-state index in [4.69, 9.17) is 0 Å². The second kappa shape index (κ2) is 9.29. The molecular formula is C19H22FNO5S2.